The van der Waals surface area contributed by atoms with Crippen LogP contribution in [-0.2, 0) is 9.53 Å². The molecule has 6 heteroatoms. The van der Waals surface area contributed by atoms with E-state index in [9.17, 15) is 4.79 Å². The van der Waals surface area contributed by atoms with Crippen LogP contribution in [0.3, 0.4) is 0 Å². The highest BCUT2D eigenvalue weighted by Gasteiger charge is 2.29. The summed E-state index contributed by atoms with van der Waals surface area (Å²) in [7, 11) is 0. The molecule has 4 rings (SSSR count). The van der Waals surface area contributed by atoms with Gasteiger partial charge < -0.3 is 9.64 Å². The van der Waals surface area contributed by atoms with Crippen molar-refractivity contribution in [3.8, 4) is 5.69 Å². The van der Waals surface area contributed by atoms with E-state index in [4.69, 9.17) is 4.74 Å². The molecule has 1 aliphatic heterocycles. The third kappa shape index (κ3) is 4.13. The van der Waals surface area contributed by atoms with Crippen molar-refractivity contribution >= 4 is 17.7 Å². The predicted molar refractivity (Wildman–Crippen MR) is 111 cm³/mol. The van der Waals surface area contributed by atoms with Gasteiger partial charge in [0.25, 0.3) is 0 Å². The first kappa shape index (κ1) is 18.8. The van der Waals surface area contributed by atoms with Crippen molar-refractivity contribution in [3.63, 3.8) is 0 Å². The average molecular weight is 394 g/mol. The van der Waals surface area contributed by atoms with Gasteiger partial charge in [0.1, 0.15) is 5.25 Å². The molecule has 1 saturated heterocycles. The number of carbonyl (C=O) groups excluding carboxylic acids is 1. The molecule has 0 N–H and O–H groups in total. The molecule has 1 aliphatic rings. The summed E-state index contributed by atoms with van der Waals surface area (Å²) in [5, 5.41) is 0.464. The lowest BCUT2D eigenvalue weighted by molar-refractivity contribution is -0.134. The van der Waals surface area contributed by atoms with Crippen LogP contribution in [0, 0.1) is 6.92 Å². The molecule has 2 heterocycles. The first-order chi connectivity index (χ1) is 13.7. The highest BCUT2D eigenvalue weighted by molar-refractivity contribution is 8.00. The summed E-state index contributed by atoms with van der Waals surface area (Å²) in [5.41, 5.74) is 3.22. The largest absolute Gasteiger partial charge is 0.378 e. The number of rotatable bonds is 5. The number of benzene rings is 2. The molecule has 0 bridgehead atoms. The molecule has 1 amide bonds. The number of nitrogens with zero attached hydrogens (tertiary/aromatic N) is 3. The summed E-state index contributed by atoms with van der Waals surface area (Å²) in [5.74, 6) is 0.110. The Morgan fingerprint density at radius 1 is 1.11 bits per heavy atom. The van der Waals surface area contributed by atoms with Gasteiger partial charge in [-0.2, -0.15) is 0 Å². The Morgan fingerprint density at radius 3 is 2.64 bits per heavy atom. The van der Waals surface area contributed by atoms with Crippen molar-refractivity contribution < 1.29 is 9.53 Å². The zero-order chi connectivity index (χ0) is 19.3. The molecule has 5 nitrogen and oxygen atoms in total. The van der Waals surface area contributed by atoms with E-state index in [-0.39, 0.29) is 11.2 Å². The molecule has 1 aromatic heterocycles. The van der Waals surface area contributed by atoms with Gasteiger partial charge in [-0.25, -0.2) is 4.98 Å². The van der Waals surface area contributed by atoms with Crippen molar-refractivity contribution in [1.29, 1.82) is 0 Å². The molecule has 0 spiro atoms. The fourth-order valence-corrected chi connectivity index (χ4v) is 4.45. The zero-order valence-corrected chi connectivity index (χ0v) is 16.6. The highest BCUT2D eigenvalue weighted by Crippen LogP contribution is 2.37. The van der Waals surface area contributed by atoms with Gasteiger partial charge in [-0.15, -0.1) is 0 Å². The van der Waals surface area contributed by atoms with E-state index < -0.39 is 0 Å². The Bertz CT molecular complexity index is 936. The minimum Gasteiger partial charge on any atom is -0.378 e. The van der Waals surface area contributed by atoms with E-state index in [0.29, 0.717) is 26.3 Å². The molecule has 144 valence electrons. The number of aryl methyl sites for hydroxylation is 1. The molecular weight excluding hydrogens is 370 g/mol. The predicted octanol–water partition coefficient (Wildman–Crippen LogP) is 3.87. The normalized spacial score (nSPS) is 15.4. The maximum absolute atomic E-state index is 13.3. The van der Waals surface area contributed by atoms with Gasteiger partial charge in [0.15, 0.2) is 5.16 Å². The van der Waals surface area contributed by atoms with Crippen LogP contribution in [0.15, 0.2) is 72.1 Å². The Hall–Kier alpha value is -2.57. The Morgan fingerprint density at radius 2 is 1.89 bits per heavy atom. The number of hydrogen-bond donors (Lipinski definition) is 0. The molecule has 1 unspecified atom stereocenters. The first-order valence-electron chi connectivity index (χ1n) is 9.41. The van der Waals surface area contributed by atoms with E-state index in [1.165, 1.54) is 17.3 Å². The van der Waals surface area contributed by atoms with Gasteiger partial charge in [-0.3, -0.25) is 9.36 Å². The molecule has 0 saturated carbocycles. The first-order valence-corrected chi connectivity index (χ1v) is 10.3. The van der Waals surface area contributed by atoms with Crippen LogP contribution in [0.4, 0.5) is 0 Å². The van der Waals surface area contributed by atoms with Gasteiger partial charge in [-0.05, 0) is 30.2 Å². The summed E-state index contributed by atoms with van der Waals surface area (Å²) in [6.45, 7) is 4.53. The Balaban J connectivity index is 1.65. The molecule has 1 fully saturated rings. The number of aromatic nitrogens is 2. The van der Waals surface area contributed by atoms with Crippen molar-refractivity contribution in [2.75, 3.05) is 26.3 Å². The summed E-state index contributed by atoms with van der Waals surface area (Å²) in [6.07, 6.45) is 3.73. The number of carbonyl (C=O) groups is 1. The number of hydrogen-bond acceptors (Lipinski definition) is 4. The second kappa shape index (κ2) is 8.63. The molecule has 2 aromatic carbocycles. The molecular formula is C22H23N3O2S. The minimum absolute atomic E-state index is 0.110. The van der Waals surface area contributed by atoms with Gasteiger partial charge >= 0.3 is 0 Å². The number of ether oxygens (including phenoxy) is 1. The van der Waals surface area contributed by atoms with E-state index in [2.05, 4.69) is 30.1 Å². The average Bonchev–Trinajstić information content (AvgIpc) is 3.21. The van der Waals surface area contributed by atoms with Crippen LogP contribution >= 0.6 is 11.8 Å². The summed E-state index contributed by atoms with van der Waals surface area (Å²) < 4.78 is 7.45. The van der Waals surface area contributed by atoms with Crippen LogP contribution in [0.1, 0.15) is 16.4 Å². The minimum atomic E-state index is -0.342. The van der Waals surface area contributed by atoms with E-state index in [1.54, 1.807) is 6.20 Å². The maximum atomic E-state index is 13.3. The second-order valence-electron chi connectivity index (χ2n) is 6.77. The maximum Gasteiger partial charge on any atom is 0.240 e. The van der Waals surface area contributed by atoms with Crippen molar-refractivity contribution in [1.82, 2.24) is 14.5 Å². The van der Waals surface area contributed by atoms with E-state index in [1.807, 2.05) is 52.1 Å². The summed E-state index contributed by atoms with van der Waals surface area (Å²) >= 11 is 1.50. The van der Waals surface area contributed by atoms with Crippen molar-refractivity contribution in [3.05, 3.63) is 78.1 Å². The quantitative estimate of drug-likeness (QED) is 0.618. The van der Waals surface area contributed by atoms with Crippen molar-refractivity contribution in [2.45, 2.75) is 17.3 Å². The molecule has 0 aliphatic carbocycles. The number of morpholine rings is 1. The molecule has 1 atom stereocenters. The third-order valence-electron chi connectivity index (χ3n) is 4.76. The van der Waals surface area contributed by atoms with Crippen LogP contribution in [0.2, 0.25) is 0 Å². The lowest BCUT2D eigenvalue weighted by Gasteiger charge is -2.30. The van der Waals surface area contributed by atoms with Gasteiger partial charge in [0, 0.05) is 31.2 Å². The summed E-state index contributed by atoms with van der Waals surface area (Å²) in [6, 6.07) is 18.2. The van der Waals surface area contributed by atoms with Crippen molar-refractivity contribution in [2.24, 2.45) is 0 Å². The second-order valence-corrected chi connectivity index (χ2v) is 7.84. The Labute approximate surface area is 169 Å². The van der Waals surface area contributed by atoms with Crippen LogP contribution < -0.4 is 0 Å². The highest BCUT2D eigenvalue weighted by atomic mass is 32.2. The SMILES string of the molecule is Cc1cccc(-n2ccnc2SC(C(=O)N2CCOCC2)c2ccccc2)c1. The number of thioether (sulfide) groups is 1. The van der Waals surface area contributed by atoms with Gasteiger partial charge in [0.2, 0.25) is 5.91 Å². The van der Waals surface area contributed by atoms with E-state index >= 15 is 0 Å². The van der Waals surface area contributed by atoms with E-state index in [0.717, 1.165) is 16.4 Å². The standard InChI is InChI=1S/C22H23N3O2S/c1-17-6-5-9-19(16-17)25-11-10-23-22(25)28-20(18-7-3-2-4-8-18)21(26)24-12-14-27-15-13-24/h2-11,16,20H,12-15H2,1H3. The van der Waals surface area contributed by atoms with Crippen LogP contribution in [0.5, 0.6) is 0 Å². The monoisotopic (exact) mass is 393 g/mol. The third-order valence-corrected chi connectivity index (χ3v) is 5.98. The molecule has 28 heavy (non-hydrogen) atoms. The van der Waals surface area contributed by atoms with Gasteiger partial charge in [-0.1, -0.05) is 54.2 Å². The molecule has 3 aromatic rings. The van der Waals surface area contributed by atoms with Gasteiger partial charge in [0.05, 0.1) is 13.2 Å². The Kier molecular flexibility index (Phi) is 5.78. The topological polar surface area (TPSA) is 47.4 Å². The lowest BCUT2D eigenvalue weighted by Crippen LogP contribution is -2.42. The lowest BCUT2D eigenvalue weighted by atomic mass is 10.1. The summed E-state index contributed by atoms with van der Waals surface area (Å²) in [4.78, 5) is 19.8. The smallest absolute Gasteiger partial charge is 0.240 e. The number of imidazole rings is 1. The molecule has 0 radical (unpaired) electrons. The fourth-order valence-electron chi connectivity index (χ4n) is 3.30. The van der Waals surface area contributed by atoms with Crippen LogP contribution in [-0.4, -0.2) is 46.7 Å². The fraction of sp³-hybridized carbons (Fsp3) is 0.273. The zero-order valence-electron chi connectivity index (χ0n) is 15.8. The number of amides is 1. The van der Waals surface area contributed by atoms with Crippen LogP contribution in [0.25, 0.3) is 5.69 Å².